The second kappa shape index (κ2) is 8.83. The number of rotatable bonds is 5. The molecule has 0 saturated carbocycles. The van der Waals surface area contributed by atoms with Crippen molar-refractivity contribution < 1.29 is 19.1 Å². The van der Waals surface area contributed by atoms with Gasteiger partial charge in [-0.1, -0.05) is 23.5 Å². The van der Waals surface area contributed by atoms with Crippen molar-refractivity contribution in [2.45, 2.75) is 13.8 Å². The van der Waals surface area contributed by atoms with Gasteiger partial charge in [0.1, 0.15) is 0 Å². The number of esters is 2. The minimum atomic E-state index is -0.615. The summed E-state index contributed by atoms with van der Waals surface area (Å²) in [5.74, 6) is -1.19. The van der Waals surface area contributed by atoms with Crippen LogP contribution in [0.5, 0.6) is 0 Å². The van der Waals surface area contributed by atoms with Crippen LogP contribution in [-0.4, -0.2) is 46.6 Å². The fourth-order valence-electron chi connectivity index (χ4n) is 3.45. The van der Waals surface area contributed by atoms with Gasteiger partial charge in [-0.3, -0.25) is 14.9 Å². The molecule has 0 fully saturated rings. The van der Waals surface area contributed by atoms with Crippen molar-refractivity contribution in [2.24, 2.45) is 4.99 Å². The number of H-pyrrole nitrogens is 1. The van der Waals surface area contributed by atoms with Crippen LogP contribution in [0.2, 0.25) is 0 Å². The summed E-state index contributed by atoms with van der Waals surface area (Å²) in [7, 11) is 2.52. The molecule has 1 N–H and O–H groups in total. The first kappa shape index (κ1) is 22.2. The molecule has 0 aliphatic rings. The number of carbonyl (C=O) groups excluding carboxylic acids is 2. The predicted molar refractivity (Wildman–Crippen MR) is 125 cm³/mol. The summed E-state index contributed by atoms with van der Waals surface area (Å²) in [5, 5.41) is 3.56. The van der Waals surface area contributed by atoms with Crippen molar-refractivity contribution in [1.29, 1.82) is 0 Å². The van der Waals surface area contributed by atoms with E-state index in [1.165, 1.54) is 48.4 Å². The molecule has 0 spiro atoms. The Hall–Kier alpha value is -4.05. The average Bonchev–Trinajstić information content (AvgIpc) is 3.37. The van der Waals surface area contributed by atoms with Crippen molar-refractivity contribution in [3.63, 3.8) is 0 Å². The van der Waals surface area contributed by atoms with E-state index in [1.807, 2.05) is 24.3 Å². The highest BCUT2D eigenvalue weighted by atomic mass is 32.1. The molecule has 2 heterocycles. The molecule has 10 heteroatoms. The number of nitrogens with zero attached hydrogens (tertiary/aromatic N) is 3. The van der Waals surface area contributed by atoms with Crippen molar-refractivity contribution in [1.82, 2.24) is 14.8 Å². The highest BCUT2D eigenvalue weighted by Crippen LogP contribution is 2.26. The van der Waals surface area contributed by atoms with Crippen molar-refractivity contribution in [2.75, 3.05) is 14.2 Å². The molecule has 0 aliphatic carbocycles. The number of thiazole rings is 1. The third-order valence-corrected chi connectivity index (χ3v) is 6.04. The highest BCUT2D eigenvalue weighted by Gasteiger charge is 2.20. The molecule has 0 radical (unpaired) electrons. The van der Waals surface area contributed by atoms with Crippen LogP contribution < -0.4 is 5.56 Å². The van der Waals surface area contributed by atoms with E-state index in [0.717, 1.165) is 10.2 Å². The number of aryl methyl sites for hydroxylation is 1. The maximum absolute atomic E-state index is 13.2. The fraction of sp³-hybridized carbons (Fsp3) is 0.174. The van der Waals surface area contributed by atoms with Gasteiger partial charge in [-0.15, -0.1) is 0 Å². The molecule has 0 saturated heterocycles. The van der Waals surface area contributed by atoms with E-state index in [9.17, 15) is 14.4 Å². The monoisotopic (exact) mass is 464 g/mol. The SMILES string of the molecule is COC(=O)c1ccc(C(=O)OC)c(N=C(C)c2c(C)[nH]n(-c3nc4ccccc4s3)c2=O)c1. The number of hydrogen-bond acceptors (Lipinski definition) is 8. The molecule has 33 heavy (non-hydrogen) atoms. The molecule has 4 rings (SSSR count). The number of carbonyl (C=O) groups is 2. The lowest BCUT2D eigenvalue weighted by atomic mass is 10.1. The average molecular weight is 465 g/mol. The first-order valence-corrected chi connectivity index (χ1v) is 10.7. The molecule has 0 atom stereocenters. The topological polar surface area (TPSA) is 116 Å². The van der Waals surface area contributed by atoms with Gasteiger partial charge in [0.25, 0.3) is 5.56 Å². The zero-order valence-electron chi connectivity index (χ0n) is 18.3. The van der Waals surface area contributed by atoms with Crippen LogP contribution in [0.4, 0.5) is 5.69 Å². The number of aliphatic imine (C=N–C) groups is 1. The van der Waals surface area contributed by atoms with E-state index in [-0.39, 0.29) is 22.4 Å². The molecule has 0 aliphatic heterocycles. The minimum absolute atomic E-state index is 0.157. The van der Waals surface area contributed by atoms with E-state index in [4.69, 9.17) is 9.47 Å². The molecule has 0 unspecified atom stereocenters. The Morgan fingerprint density at radius 3 is 2.52 bits per heavy atom. The van der Waals surface area contributed by atoms with Gasteiger partial charge in [-0.2, -0.15) is 4.68 Å². The number of hydrogen-bond donors (Lipinski definition) is 1. The van der Waals surface area contributed by atoms with Gasteiger partial charge in [-0.05, 0) is 44.2 Å². The number of methoxy groups -OCH3 is 2. The molecule has 9 nitrogen and oxygen atoms in total. The maximum Gasteiger partial charge on any atom is 0.340 e. The van der Waals surface area contributed by atoms with Crippen LogP contribution in [0, 0.1) is 6.92 Å². The quantitative estimate of drug-likeness (QED) is 0.355. The van der Waals surface area contributed by atoms with Gasteiger partial charge in [0.15, 0.2) is 0 Å². The van der Waals surface area contributed by atoms with Gasteiger partial charge >= 0.3 is 11.9 Å². The lowest BCUT2D eigenvalue weighted by Crippen LogP contribution is -2.19. The Kier molecular flexibility index (Phi) is 5.93. The minimum Gasteiger partial charge on any atom is -0.465 e. The summed E-state index contributed by atoms with van der Waals surface area (Å²) >= 11 is 1.39. The standard InChI is InChI=1S/C23H20N4O5S/c1-12(24-17-11-14(21(29)31-3)9-10-15(17)22(30)32-4)19-13(2)26-27(20(19)28)23-25-16-7-5-6-8-18(16)33-23/h5-11,26H,1-4H3. The van der Waals surface area contributed by atoms with E-state index in [2.05, 4.69) is 15.1 Å². The van der Waals surface area contributed by atoms with E-state index >= 15 is 0 Å². The number of ether oxygens (including phenoxy) is 2. The van der Waals surface area contributed by atoms with Gasteiger partial charge < -0.3 is 9.47 Å². The van der Waals surface area contributed by atoms with Crippen LogP contribution in [0.15, 0.2) is 52.3 Å². The fourth-order valence-corrected chi connectivity index (χ4v) is 4.38. The molecular formula is C23H20N4O5S. The van der Waals surface area contributed by atoms with E-state index in [0.29, 0.717) is 22.1 Å². The Morgan fingerprint density at radius 2 is 1.82 bits per heavy atom. The third kappa shape index (κ3) is 4.08. The smallest absolute Gasteiger partial charge is 0.340 e. The highest BCUT2D eigenvalue weighted by molar-refractivity contribution is 7.20. The summed E-state index contributed by atoms with van der Waals surface area (Å²) < 4.78 is 11.9. The molecule has 0 bridgehead atoms. The summed E-state index contributed by atoms with van der Waals surface area (Å²) in [4.78, 5) is 46.5. The lowest BCUT2D eigenvalue weighted by Gasteiger charge is -2.07. The summed E-state index contributed by atoms with van der Waals surface area (Å²) in [5.41, 5.74) is 2.33. The summed E-state index contributed by atoms with van der Waals surface area (Å²) in [6, 6.07) is 11.9. The second-order valence-corrected chi connectivity index (χ2v) is 8.14. The maximum atomic E-state index is 13.2. The molecule has 168 valence electrons. The normalized spacial score (nSPS) is 11.6. The Balaban J connectivity index is 1.82. The number of para-hydroxylation sites is 1. The summed E-state index contributed by atoms with van der Waals surface area (Å²) in [6.07, 6.45) is 0. The van der Waals surface area contributed by atoms with Gasteiger partial charge in [-0.25, -0.2) is 14.6 Å². The van der Waals surface area contributed by atoms with Crippen molar-refractivity contribution >= 4 is 44.9 Å². The van der Waals surface area contributed by atoms with Gasteiger partial charge in [0, 0.05) is 5.69 Å². The van der Waals surface area contributed by atoms with E-state index < -0.39 is 11.9 Å². The first-order chi connectivity index (χ1) is 15.8. The Bertz CT molecular complexity index is 1440. The zero-order chi connectivity index (χ0) is 23.7. The largest absolute Gasteiger partial charge is 0.465 e. The zero-order valence-corrected chi connectivity index (χ0v) is 19.1. The Morgan fingerprint density at radius 1 is 1.09 bits per heavy atom. The number of benzene rings is 2. The predicted octanol–water partition coefficient (Wildman–Crippen LogP) is 3.80. The number of aromatic nitrogens is 3. The molecule has 4 aromatic rings. The van der Waals surface area contributed by atoms with Crippen LogP contribution in [0.3, 0.4) is 0 Å². The van der Waals surface area contributed by atoms with Gasteiger partial charge in [0.05, 0.1) is 52.5 Å². The van der Waals surface area contributed by atoms with Crippen molar-refractivity contribution in [3.05, 3.63) is 75.2 Å². The molecule has 2 aromatic carbocycles. The molecule has 0 amide bonds. The van der Waals surface area contributed by atoms with Crippen LogP contribution >= 0.6 is 11.3 Å². The van der Waals surface area contributed by atoms with Crippen LogP contribution in [0.1, 0.15) is 38.9 Å². The summed E-state index contributed by atoms with van der Waals surface area (Å²) in [6.45, 7) is 3.41. The molecular weight excluding hydrogens is 444 g/mol. The second-order valence-electron chi connectivity index (χ2n) is 7.13. The molecule has 2 aromatic heterocycles. The third-order valence-electron chi connectivity index (χ3n) is 5.02. The van der Waals surface area contributed by atoms with Gasteiger partial charge in [0.2, 0.25) is 5.13 Å². The number of fused-ring (bicyclic) bond motifs is 1. The first-order valence-electron chi connectivity index (χ1n) is 9.88. The number of nitrogens with one attached hydrogen (secondary N) is 1. The number of aromatic amines is 1. The Labute approximate surface area is 192 Å². The van der Waals surface area contributed by atoms with E-state index in [1.54, 1.807) is 13.8 Å². The van der Waals surface area contributed by atoms with Crippen LogP contribution in [0.25, 0.3) is 15.3 Å². The van der Waals surface area contributed by atoms with Crippen LogP contribution in [-0.2, 0) is 9.47 Å². The lowest BCUT2D eigenvalue weighted by molar-refractivity contribution is 0.0587. The van der Waals surface area contributed by atoms with Crippen molar-refractivity contribution in [3.8, 4) is 5.13 Å².